The maximum absolute atomic E-state index is 11.7. The van der Waals surface area contributed by atoms with Crippen LogP contribution in [0.25, 0.3) is 0 Å². The Morgan fingerprint density at radius 3 is 3.00 bits per heavy atom. The second-order valence-corrected chi connectivity index (χ2v) is 4.10. The third kappa shape index (κ3) is 2.50. The van der Waals surface area contributed by atoms with Gasteiger partial charge in [-0.1, -0.05) is 0 Å². The summed E-state index contributed by atoms with van der Waals surface area (Å²) in [5.41, 5.74) is 1.08. The predicted molar refractivity (Wildman–Crippen MR) is 57.7 cm³/mol. The molecule has 0 spiro atoms. The van der Waals surface area contributed by atoms with E-state index in [9.17, 15) is 4.79 Å². The van der Waals surface area contributed by atoms with Gasteiger partial charge in [-0.15, -0.1) is 0 Å². The number of rotatable bonds is 4. The number of hydrogen-bond acceptors (Lipinski definition) is 4. The molecule has 5 heteroatoms. The normalized spacial score (nSPS) is 10.5. The second kappa shape index (κ2) is 4.35. The van der Waals surface area contributed by atoms with Crippen molar-refractivity contribution in [2.45, 2.75) is 12.8 Å². The monoisotopic (exact) mass is 221 g/mol. The average molecular weight is 221 g/mol. The Bertz CT molecular complexity index is 447. The zero-order chi connectivity index (χ0) is 10.7. The highest BCUT2D eigenvalue weighted by Gasteiger charge is 2.09. The molecule has 0 aromatic carbocycles. The van der Waals surface area contributed by atoms with Crippen molar-refractivity contribution in [3.63, 3.8) is 0 Å². The lowest BCUT2D eigenvalue weighted by Gasteiger charge is -1.98. The number of hydrogen-bond donors (Lipinski definition) is 0. The molecular formula is C10H11N3OS. The molecule has 4 nitrogen and oxygen atoms in total. The summed E-state index contributed by atoms with van der Waals surface area (Å²) >= 11 is 1.61. The SMILES string of the molecule is Cn1ncnc1CC(=O)Cc1ccsc1. The molecule has 0 amide bonds. The second-order valence-electron chi connectivity index (χ2n) is 3.32. The summed E-state index contributed by atoms with van der Waals surface area (Å²) < 4.78 is 1.63. The van der Waals surface area contributed by atoms with Crippen molar-refractivity contribution >= 4 is 17.1 Å². The Hall–Kier alpha value is -1.49. The van der Waals surface area contributed by atoms with E-state index in [1.54, 1.807) is 23.1 Å². The quantitative estimate of drug-likeness (QED) is 0.780. The highest BCUT2D eigenvalue weighted by Crippen LogP contribution is 2.08. The van der Waals surface area contributed by atoms with E-state index in [2.05, 4.69) is 10.1 Å². The molecule has 2 rings (SSSR count). The van der Waals surface area contributed by atoms with Crippen LogP contribution >= 0.6 is 11.3 Å². The van der Waals surface area contributed by atoms with Gasteiger partial charge in [0.2, 0.25) is 0 Å². The Balaban J connectivity index is 1.96. The fraction of sp³-hybridized carbons (Fsp3) is 0.300. The molecule has 0 bridgehead atoms. The molecule has 0 radical (unpaired) electrons. The maximum Gasteiger partial charge on any atom is 0.144 e. The summed E-state index contributed by atoms with van der Waals surface area (Å²) in [6, 6.07) is 1.97. The van der Waals surface area contributed by atoms with Gasteiger partial charge in [-0.3, -0.25) is 9.48 Å². The number of aromatic nitrogens is 3. The topological polar surface area (TPSA) is 47.8 Å². The molecular weight excluding hydrogens is 210 g/mol. The van der Waals surface area contributed by atoms with Crippen LogP contribution in [-0.2, 0) is 24.7 Å². The van der Waals surface area contributed by atoms with Gasteiger partial charge in [0.05, 0.1) is 6.42 Å². The molecule has 0 saturated heterocycles. The number of nitrogens with zero attached hydrogens (tertiary/aromatic N) is 3. The number of aryl methyl sites for hydroxylation is 1. The molecule has 2 heterocycles. The van der Waals surface area contributed by atoms with Gasteiger partial charge in [-0.05, 0) is 22.4 Å². The summed E-state index contributed by atoms with van der Waals surface area (Å²) in [7, 11) is 1.79. The molecule has 0 fully saturated rings. The highest BCUT2D eigenvalue weighted by atomic mass is 32.1. The fourth-order valence-corrected chi connectivity index (χ4v) is 2.01. The largest absolute Gasteiger partial charge is 0.299 e. The molecule has 2 aromatic rings. The minimum Gasteiger partial charge on any atom is -0.299 e. The Labute approximate surface area is 91.6 Å². The van der Waals surface area contributed by atoms with Crippen LogP contribution in [0.4, 0.5) is 0 Å². The van der Waals surface area contributed by atoms with E-state index in [0.717, 1.165) is 11.4 Å². The first kappa shape index (κ1) is 10.0. The summed E-state index contributed by atoms with van der Waals surface area (Å²) in [6.07, 6.45) is 2.30. The minimum absolute atomic E-state index is 0.171. The summed E-state index contributed by atoms with van der Waals surface area (Å²) in [5, 5.41) is 7.89. The van der Waals surface area contributed by atoms with E-state index in [1.807, 2.05) is 16.8 Å². The van der Waals surface area contributed by atoms with E-state index in [0.29, 0.717) is 12.8 Å². The first-order valence-electron chi connectivity index (χ1n) is 4.61. The van der Waals surface area contributed by atoms with Gasteiger partial charge in [0.25, 0.3) is 0 Å². The molecule has 0 aliphatic heterocycles. The number of thiophene rings is 1. The minimum atomic E-state index is 0.171. The Kier molecular flexibility index (Phi) is 2.91. The molecule has 15 heavy (non-hydrogen) atoms. The molecule has 0 unspecified atom stereocenters. The van der Waals surface area contributed by atoms with Crippen LogP contribution in [0, 0.1) is 0 Å². The Morgan fingerprint density at radius 1 is 1.53 bits per heavy atom. The van der Waals surface area contributed by atoms with Crippen LogP contribution in [0.5, 0.6) is 0 Å². The van der Waals surface area contributed by atoms with Crippen LogP contribution in [0.3, 0.4) is 0 Å². The van der Waals surface area contributed by atoms with Gasteiger partial charge in [0.15, 0.2) is 0 Å². The first-order valence-corrected chi connectivity index (χ1v) is 5.55. The number of carbonyl (C=O) groups is 1. The van der Waals surface area contributed by atoms with Crippen LogP contribution in [-0.4, -0.2) is 20.5 Å². The fourth-order valence-electron chi connectivity index (χ4n) is 1.34. The van der Waals surface area contributed by atoms with Crippen molar-refractivity contribution in [2.24, 2.45) is 7.05 Å². The lowest BCUT2D eigenvalue weighted by Crippen LogP contribution is -2.10. The zero-order valence-corrected chi connectivity index (χ0v) is 9.20. The van der Waals surface area contributed by atoms with Gasteiger partial charge in [-0.2, -0.15) is 16.4 Å². The number of Topliss-reactive ketones (excluding diaryl/α,β-unsaturated/α-hetero) is 1. The van der Waals surface area contributed by atoms with Crippen LogP contribution in [0.15, 0.2) is 23.2 Å². The summed E-state index contributed by atoms with van der Waals surface area (Å²) in [4.78, 5) is 15.7. The molecule has 78 valence electrons. The third-order valence-corrected chi connectivity index (χ3v) is 2.87. The van der Waals surface area contributed by atoms with Crippen LogP contribution in [0.1, 0.15) is 11.4 Å². The van der Waals surface area contributed by atoms with Gasteiger partial charge < -0.3 is 0 Å². The molecule has 0 saturated carbocycles. The van der Waals surface area contributed by atoms with Crippen molar-refractivity contribution in [3.8, 4) is 0 Å². The standard InChI is InChI=1S/C10H11N3OS/c1-13-10(11-7-12-13)5-9(14)4-8-2-3-15-6-8/h2-3,6-7H,4-5H2,1H3. The summed E-state index contributed by atoms with van der Waals surface area (Å²) in [6.45, 7) is 0. The van der Waals surface area contributed by atoms with E-state index in [1.165, 1.54) is 6.33 Å². The molecule has 2 aromatic heterocycles. The van der Waals surface area contributed by atoms with Gasteiger partial charge in [-0.25, -0.2) is 4.98 Å². The highest BCUT2D eigenvalue weighted by molar-refractivity contribution is 7.07. The smallest absolute Gasteiger partial charge is 0.144 e. The lowest BCUT2D eigenvalue weighted by atomic mass is 10.1. The third-order valence-electron chi connectivity index (χ3n) is 2.14. The van der Waals surface area contributed by atoms with E-state index < -0.39 is 0 Å². The molecule has 0 aliphatic carbocycles. The first-order chi connectivity index (χ1) is 7.25. The van der Waals surface area contributed by atoms with Gasteiger partial charge >= 0.3 is 0 Å². The Morgan fingerprint density at radius 2 is 2.40 bits per heavy atom. The van der Waals surface area contributed by atoms with Crippen molar-refractivity contribution in [1.82, 2.24) is 14.8 Å². The van der Waals surface area contributed by atoms with Crippen molar-refractivity contribution in [3.05, 3.63) is 34.5 Å². The molecule has 0 atom stereocenters. The lowest BCUT2D eigenvalue weighted by molar-refractivity contribution is -0.117. The number of carbonyl (C=O) groups excluding carboxylic acids is 1. The van der Waals surface area contributed by atoms with Gasteiger partial charge in [0, 0.05) is 13.5 Å². The number of ketones is 1. The van der Waals surface area contributed by atoms with E-state index in [4.69, 9.17) is 0 Å². The summed E-state index contributed by atoms with van der Waals surface area (Å²) in [5.74, 6) is 0.889. The van der Waals surface area contributed by atoms with Crippen LogP contribution < -0.4 is 0 Å². The van der Waals surface area contributed by atoms with Crippen molar-refractivity contribution in [1.29, 1.82) is 0 Å². The predicted octanol–water partition coefficient (Wildman–Crippen LogP) is 1.23. The molecule has 0 N–H and O–H groups in total. The zero-order valence-electron chi connectivity index (χ0n) is 8.38. The van der Waals surface area contributed by atoms with Crippen molar-refractivity contribution in [2.75, 3.05) is 0 Å². The van der Waals surface area contributed by atoms with Gasteiger partial charge in [0.1, 0.15) is 17.9 Å². The molecule has 0 aliphatic rings. The van der Waals surface area contributed by atoms with E-state index >= 15 is 0 Å². The van der Waals surface area contributed by atoms with Crippen molar-refractivity contribution < 1.29 is 4.79 Å². The van der Waals surface area contributed by atoms with Crippen LogP contribution in [0.2, 0.25) is 0 Å². The van der Waals surface area contributed by atoms with E-state index in [-0.39, 0.29) is 5.78 Å². The maximum atomic E-state index is 11.7. The average Bonchev–Trinajstić information content (AvgIpc) is 2.79.